The molecular formula is C15H10BrN3O. The lowest BCUT2D eigenvalue weighted by molar-refractivity contribution is 0.759. The lowest BCUT2D eigenvalue weighted by atomic mass is 10.1. The molecule has 0 N–H and O–H groups in total. The van der Waals surface area contributed by atoms with E-state index in [1.165, 1.54) is 10.2 Å². The van der Waals surface area contributed by atoms with Crippen LogP contribution in [0.4, 0.5) is 0 Å². The summed E-state index contributed by atoms with van der Waals surface area (Å²) in [5.74, 6) is 0.550. The molecule has 3 aromatic rings. The number of benzene rings is 1. The van der Waals surface area contributed by atoms with E-state index in [2.05, 4.69) is 32.1 Å². The van der Waals surface area contributed by atoms with Crippen LogP contribution < -0.4 is 5.56 Å². The Kier molecular flexibility index (Phi) is 2.50. The number of hydrogen-bond acceptors (Lipinski definition) is 3. The van der Waals surface area contributed by atoms with Crippen LogP contribution in [0.5, 0.6) is 0 Å². The summed E-state index contributed by atoms with van der Waals surface area (Å²) >= 11 is 3.34. The Morgan fingerprint density at radius 2 is 2.05 bits per heavy atom. The molecule has 98 valence electrons. The highest BCUT2D eigenvalue weighted by Crippen LogP contribution is 2.27. The number of halogens is 1. The standard InChI is InChI=1S/C15H10BrN3O/c16-10-5-7-13(17-8-10)19-15(20)11-3-1-2-9-4-6-12(18-19)14(9)11/h1-3,5,7-8H,4,6H2. The molecule has 4 nitrogen and oxygen atoms in total. The fraction of sp³-hybridized carbons (Fsp3) is 0.133. The molecule has 1 aliphatic rings. The number of aryl methyl sites for hydroxylation is 2. The van der Waals surface area contributed by atoms with Gasteiger partial charge >= 0.3 is 0 Å². The minimum absolute atomic E-state index is 0.109. The second-order valence-electron chi connectivity index (χ2n) is 4.84. The van der Waals surface area contributed by atoms with E-state index in [0.29, 0.717) is 5.82 Å². The first kappa shape index (κ1) is 11.8. The zero-order valence-corrected chi connectivity index (χ0v) is 12.1. The van der Waals surface area contributed by atoms with E-state index >= 15 is 0 Å². The van der Waals surface area contributed by atoms with Gasteiger partial charge in [-0.15, -0.1) is 0 Å². The molecule has 0 amide bonds. The van der Waals surface area contributed by atoms with Crippen molar-refractivity contribution in [2.45, 2.75) is 12.8 Å². The fourth-order valence-electron chi connectivity index (χ4n) is 2.73. The quantitative estimate of drug-likeness (QED) is 0.690. The normalized spacial score (nSPS) is 13.1. The van der Waals surface area contributed by atoms with E-state index in [4.69, 9.17) is 0 Å². The average Bonchev–Trinajstić information content (AvgIpc) is 2.88. The molecule has 0 fully saturated rings. The molecule has 0 saturated heterocycles. The Labute approximate surface area is 123 Å². The minimum atomic E-state index is -0.109. The van der Waals surface area contributed by atoms with Gasteiger partial charge in [0.05, 0.1) is 11.1 Å². The van der Waals surface area contributed by atoms with Gasteiger partial charge in [-0.05, 0) is 52.5 Å². The van der Waals surface area contributed by atoms with Gasteiger partial charge in [-0.25, -0.2) is 4.98 Å². The molecule has 1 aromatic carbocycles. The van der Waals surface area contributed by atoms with E-state index in [9.17, 15) is 4.79 Å². The van der Waals surface area contributed by atoms with E-state index in [1.54, 1.807) is 12.3 Å². The molecule has 2 aromatic heterocycles. The minimum Gasteiger partial charge on any atom is -0.267 e. The summed E-state index contributed by atoms with van der Waals surface area (Å²) in [7, 11) is 0. The van der Waals surface area contributed by atoms with E-state index < -0.39 is 0 Å². The molecule has 1 aliphatic carbocycles. The van der Waals surface area contributed by atoms with Crippen LogP contribution in [0.2, 0.25) is 0 Å². The highest BCUT2D eigenvalue weighted by atomic mass is 79.9. The maximum atomic E-state index is 12.6. The van der Waals surface area contributed by atoms with Gasteiger partial charge in [0.25, 0.3) is 5.56 Å². The van der Waals surface area contributed by atoms with Gasteiger partial charge in [0.15, 0.2) is 5.82 Å². The van der Waals surface area contributed by atoms with Crippen molar-refractivity contribution >= 4 is 26.7 Å². The van der Waals surface area contributed by atoms with Crippen molar-refractivity contribution in [2.75, 3.05) is 0 Å². The summed E-state index contributed by atoms with van der Waals surface area (Å²) in [5.41, 5.74) is 2.10. The first-order valence-corrected chi connectivity index (χ1v) is 7.19. The van der Waals surface area contributed by atoms with Crippen molar-refractivity contribution in [1.29, 1.82) is 0 Å². The number of aromatic nitrogens is 3. The third-order valence-electron chi connectivity index (χ3n) is 3.64. The van der Waals surface area contributed by atoms with Crippen LogP contribution in [0, 0.1) is 0 Å². The van der Waals surface area contributed by atoms with Gasteiger partial charge in [-0.3, -0.25) is 4.79 Å². The lowest BCUT2D eigenvalue weighted by Gasteiger charge is -2.07. The SMILES string of the molecule is O=c1c2cccc3c2c(nn1-c1ccc(Br)cn1)CC3. The topological polar surface area (TPSA) is 47.8 Å². The van der Waals surface area contributed by atoms with Crippen molar-refractivity contribution in [2.24, 2.45) is 0 Å². The fourth-order valence-corrected chi connectivity index (χ4v) is 2.97. The summed E-state index contributed by atoms with van der Waals surface area (Å²) in [6, 6.07) is 9.52. The summed E-state index contributed by atoms with van der Waals surface area (Å²) < 4.78 is 2.28. The summed E-state index contributed by atoms with van der Waals surface area (Å²) in [5, 5.41) is 6.26. The van der Waals surface area contributed by atoms with Crippen LogP contribution in [0.1, 0.15) is 11.3 Å². The Hall–Kier alpha value is -2.01. The molecule has 20 heavy (non-hydrogen) atoms. The number of pyridine rings is 1. The van der Waals surface area contributed by atoms with Crippen molar-refractivity contribution in [3.05, 3.63) is 62.6 Å². The number of nitrogens with zero attached hydrogens (tertiary/aromatic N) is 3. The maximum Gasteiger partial charge on any atom is 0.280 e. The van der Waals surface area contributed by atoms with Gasteiger partial charge < -0.3 is 0 Å². The molecule has 0 aliphatic heterocycles. The first-order valence-electron chi connectivity index (χ1n) is 6.40. The summed E-state index contributed by atoms with van der Waals surface area (Å²) in [6.45, 7) is 0. The predicted octanol–water partition coefficient (Wildman–Crippen LogP) is 2.64. The molecule has 0 atom stereocenters. The van der Waals surface area contributed by atoms with Crippen LogP contribution in [-0.4, -0.2) is 14.8 Å². The largest absolute Gasteiger partial charge is 0.280 e. The molecule has 4 rings (SSSR count). The second kappa shape index (κ2) is 4.24. The van der Waals surface area contributed by atoms with Crippen molar-refractivity contribution in [3.63, 3.8) is 0 Å². The van der Waals surface area contributed by atoms with Crippen molar-refractivity contribution < 1.29 is 0 Å². The summed E-state index contributed by atoms with van der Waals surface area (Å²) in [6.07, 6.45) is 3.51. The maximum absolute atomic E-state index is 12.6. The monoisotopic (exact) mass is 327 g/mol. The van der Waals surface area contributed by atoms with Gasteiger partial charge in [-0.2, -0.15) is 9.78 Å². The molecular weight excluding hydrogens is 318 g/mol. The molecule has 5 heteroatoms. The molecule has 0 radical (unpaired) electrons. The predicted molar refractivity (Wildman–Crippen MR) is 80.2 cm³/mol. The Morgan fingerprint density at radius 3 is 2.85 bits per heavy atom. The molecule has 0 bridgehead atoms. The Balaban J connectivity index is 2.06. The second-order valence-corrected chi connectivity index (χ2v) is 5.75. The van der Waals surface area contributed by atoms with Crippen LogP contribution in [0.3, 0.4) is 0 Å². The lowest BCUT2D eigenvalue weighted by Crippen LogP contribution is -2.23. The Morgan fingerprint density at radius 1 is 1.15 bits per heavy atom. The highest BCUT2D eigenvalue weighted by Gasteiger charge is 2.19. The van der Waals surface area contributed by atoms with Crippen molar-refractivity contribution in [1.82, 2.24) is 14.8 Å². The summed E-state index contributed by atoms with van der Waals surface area (Å²) in [4.78, 5) is 16.9. The van der Waals surface area contributed by atoms with Gasteiger partial charge in [0.2, 0.25) is 0 Å². The van der Waals surface area contributed by atoms with E-state index in [0.717, 1.165) is 33.8 Å². The van der Waals surface area contributed by atoms with Gasteiger partial charge in [0.1, 0.15) is 0 Å². The van der Waals surface area contributed by atoms with Gasteiger partial charge in [-0.1, -0.05) is 12.1 Å². The third kappa shape index (κ3) is 1.63. The molecule has 0 spiro atoms. The first-order chi connectivity index (χ1) is 9.74. The van der Waals surface area contributed by atoms with Crippen LogP contribution in [-0.2, 0) is 12.8 Å². The zero-order chi connectivity index (χ0) is 13.7. The number of rotatable bonds is 1. The van der Waals surface area contributed by atoms with Crippen LogP contribution >= 0.6 is 15.9 Å². The van der Waals surface area contributed by atoms with Gasteiger partial charge in [0, 0.05) is 16.1 Å². The molecule has 2 heterocycles. The Bertz CT molecular complexity index is 884. The highest BCUT2D eigenvalue weighted by molar-refractivity contribution is 9.10. The van der Waals surface area contributed by atoms with Crippen LogP contribution in [0.25, 0.3) is 16.6 Å². The average molecular weight is 328 g/mol. The molecule has 0 unspecified atom stereocenters. The smallest absolute Gasteiger partial charge is 0.267 e. The third-order valence-corrected chi connectivity index (χ3v) is 4.11. The zero-order valence-electron chi connectivity index (χ0n) is 10.5. The van der Waals surface area contributed by atoms with E-state index in [1.807, 2.05) is 18.2 Å². The van der Waals surface area contributed by atoms with Crippen molar-refractivity contribution in [3.8, 4) is 5.82 Å². The number of hydrogen-bond donors (Lipinski definition) is 0. The molecule has 0 saturated carbocycles. The van der Waals surface area contributed by atoms with E-state index in [-0.39, 0.29) is 5.56 Å². The van der Waals surface area contributed by atoms with Crippen LogP contribution in [0.15, 0.2) is 45.8 Å².